The fourth-order valence-electron chi connectivity index (χ4n) is 7.38. The van der Waals surface area contributed by atoms with Crippen molar-refractivity contribution < 1.29 is 0 Å². The average Bonchev–Trinajstić information content (AvgIpc) is 3.76. The standard InChI is InChI=1S/C42H26N2S/c1-5-16-35-31(12-1)32-13-2-6-17-36(32)44(35)30-11-9-10-28(26-30)27-20-22-29(23-21-27)43-37-18-7-3-14-33(37)41-38(43)24-25-40-42(41)34-15-4-8-19-39(34)45-40/h1-26H. The van der Waals surface area contributed by atoms with Gasteiger partial charge in [0.15, 0.2) is 0 Å². The second-order valence-electron chi connectivity index (χ2n) is 11.8. The molecule has 45 heavy (non-hydrogen) atoms. The quantitative estimate of drug-likeness (QED) is 0.194. The monoisotopic (exact) mass is 590 g/mol. The van der Waals surface area contributed by atoms with Gasteiger partial charge in [-0.05, 0) is 71.8 Å². The number of para-hydroxylation sites is 3. The molecule has 0 N–H and O–H groups in total. The normalized spacial score (nSPS) is 12.0. The Bertz CT molecular complexity index is 2700. The number of fused-ring (bicyclic) bond motifs is 10. The van der Waals surface area contributed by atoms with Crippen molar-refractivity contribution in [1.29, 1.82) is 0 Å². The van der Waals surface area contributed by atoms with Crippen LogP contribution in [0.4, 0.5) is 0 Å². The minimum atomic E-state index is 1.17. The van der Waals surface area contributed by atoms with Crippen LogP contribution in [0.25, 0.3) is 86.3 Å². The van der Waals surface area contributed by atoms with Crippen molar-refractivity contribution in [2.75, 3.05) is 0 Å². The van der Waals surface area contributed by atoms with Gasteiger partial charge in [0.2, 0.25) is 0 Å². The summed E-state index contributed by atoms with van der Waals surface area (Å²) < 4.78 is 7.49. The second-order valence-corrected chi connectivity index (χ2v) is 12.8. The average molecular weight is 591 g/mol. The zero-order valence-electron chi connectivity index (χ0n) is 24.3. The van der Waals surface area contributed by atoms with Gasteiger partial charge in [-0.25, -0.2) is 0 Å². The summed E-state index contributed by atoms with van der Waals surface area (Å²) in [6, 6.07) is 57.6. The summed E-state index contributed by atoms with van der Waals surface area (Å²) in [5, 5.41) is 7.89. The van der Waals surface area contributed by atoms with E-state index in [-0.39, 0.29) is 0 Å². The van der Waals surface area contributed by atoms with E-state index in [1.54, 1.807) is 0 Å². The van der Waals surface area contributed by atoms with E-state index < -0.39 is 0 Å². The van der Waals surface area contributed by atoms with E-state index in [4.69, 9.17) is 0 Å². The molecule has 210 valence electrons. The van der Waals surface area contributed by atoms with Gasteiger partial charge in [-0.2, -0.15) is 0 Å². The molecule has 0 aliphatic heterocycles. The van der Waals surface area contributed by atoms with Crippen molar-refractivity contribution in [2.45, 2.75) is 0 Å². The molecule has 0 saturated carbocycles. The van der Waals surface area contributed by atoms with Crippen LogP contribution in [0.5, 0.6) is 0 Å². The summed E-state index contributed by atoms with van der Waals surface area (Å²) in [5.74, 6) is 0. The summed E-state index contributed by atoms with van der Waals surface area (Å²) in [5.41, 5.74) is 9.67. The van der Waals surface area contributed by atoms with Crippen molar-refractivity contribution in [2.24, 2.45) is 0 Å². The smallest absolute Gasteiger partial charge is 0.0548 e. The van der Waals surface area contributed by atoms with E-state index in [9.17, 15) is 0 Å². The highest BCUT2D eigenvalue weighted by atomic mass is 32.1. The molecule has 3 aromatic heterocycles. The first kappa shape index (κ1) is 24.8. The highest BCUT2D eigenvalue weighted by molar-refractivity contribution is 7.26. The molecule has 0 fully saturated rings. The van der Waals surface area contributed by atoms with Crippen LogP contribution in [0.15, 0.2) is 158 Å². The van der Waals surface area contributed by atoms with Gasteiger partial charge >= 0.3 is 0 Å². The van der Waals surface area contributed by atoms with E-state index in [1.807, 2.05) is 11.3 Å². The molecule has 2 nitrogen and oxygen atoms in total. The van der Waals surface area contributed by atoms with Gasteiger partial charge in [-0.15, -0.1) is 11.3 Å². The Balaban J connectivity index is 1.13. The third-order valence-electron chi connectivity index (χ3n) is 9.32. The van der Waals surface area contributed by atoms with Crippen LogP contribution in [-0.2, 0) is 0 Å². The van der Waals surface area contributed by atoms with E-state index in [2.05, 4.69) is 167 Å². The van der Waals surface area contributed by atoms with Gasteiger partial charge in [0.05, 0.1) is 22.1 Å². The molecule has 0 aliphatic carbocycles. The Morgan fingerprint density at radius 1 is 0.333 bits per heavy atom. The van der Waals surface area contributed by atoms with Crippen LogP contribution >= 0.6 is 11.3 Å². The molecule has 7 aromatic carbocycles. The van der Waals surface area contributed by atoms with Gasteiger partial charge in [-0.1, -0.05) is 97.1 Å². The predicted molar refractivity (Wildman–Crippen MR) is 193 cm³/mol. The lowest BCUT2D eigenvalue weighted by Gasteiger charge is -2.12. The van der Waals surface area contributed by atoms with E-state index in [0.29, 0.717) is 0 Å². The summed E-state index contributed by atoms with van der Waals surface area (Å²) >= 11 is 1.88. The molecule has 0 spiro atoms. The Morgan fingerprint density at radius 2 is 0.933 bits per heavy atom. The van der Waals surface area contributed by atoms with Gasteiger partial charge in [0, 0.05) is 53.1 Å². The van der Waals surface area contributed by atoms with Crippen LogP contribution in [0.3, 0.4) is 0 Å². The van der Waals surface area contributed by atoms with Crippen LogP contribution in [0.2, 0.25) is 0 Å². The van der Waals surface area contributed by atoms with Crippen LogP contribution in [0, 0.1) is 0 Å². The molecule has 10 rings (SSSR count). The van der Waals surface area contributed by atoms with Crippen molar-refractivity contribution >= 4 is 75.1 Å². The van der Waals surface area contributed by atoms with E-state index in [0.717, 1.165) is 0 Å². The lowest BCUT2D eigenvalue weighted by Crippen LogP contribution is -1.95. The molecule has 0 amide bonds. The van der Waals surface area contributed by atoms with Crippen molar-refractivity contribution in [1.82, 2.24) is 9.13 Å². The summed E-state index contributed by atoms with van der Waals surface area (Å²) in [6.07, 6.45) is 0. The van der Waals surface area contributed by atoms with Crippen molar-refractivity contribution in [3.05, 3.63) is 158 Å². The van der Waals surface area contributed by atoms with Gasteiger partial charge < -0.3 is 9.13 Å². The number of aromatic nitrogens is 2. The zero-order chi connectivity index (χ0) is 29.5. The third kappa shape index (κ3) is 3.56. The maximum Gasteiger partial charge on any atom is 0.0548 e. The topological polar surface area (TPSA) is 9.86 Å². The molecule has 0 atom stereocenters. The lowest BCUT2D eigenvalue weighted by atomic mass is 10.0. The minimum Gasteiger partial charge on any atom is -0.309 e. The molecule has 0 unspecified atom stereocenters. The minimum absolute atomic E-state index is 1.17. The number of hydrogen-bond acceptors (Lipinski definition) is 1. The summed E-state index contributed by atoms with van der Waals surface area (Å²) in [7, 11) is 0. The molecular formula is C42H26N2S. The lowest BCUT2D eigenvalue weighted by molar-refractivity contribution is 1.18. The maximum absolute atomic E-state index is 2.43. The van der Waals surface area contributed by atoms with E-state index >= 15 is 0 Å². The highest BCUT2D eigenvalue weighted by Crippen LogP contribution is 2.43. The van der Waals surface area contributed by atoms with Crippen LogP contribution in [-0.4, -0.2) is 9.13 Å². The van der Waals surface area contributed by atoms with Crippen LogP contribution in [0.1, 0.15) is 0 Å². The first-order chi connectivity index (χ1) is 22.3. The number of thiophene rings is 1. The summed E-state index contributed by atoms with van der Waals surface area (Å²) in [4.78, 5) is 0. The fourth-order valence-corrected chi connectivity index (χ4v) is 8.49. The number of nitrogens with zero attached hydrogens (tertiary/aromatic N) is 2. The third-order valence-corrected chi connectivity index (χ3v) is 10.5. The molecule has 10 aromatic rings. The molecule has 0 aliphatic rings. The molecule has 0 bridgehead atoms. The molecule has 3 heteroatoms. The number of hydrogen-bond donors (Lipinski definition) is 0. The van der Waals surface area contributed by atoms with Gasteiger partial charge in [0.25, 0.3) is 0 Å². The zero-order valence-corrected chi connectivity index (χ0v) is 25.1. The highest BCUT2D eigenvalue weighted by Gasteiger charge is 2.18. The molecular weight excluding hydrogens is 565 g/mol. The Labute approximate surface area is 263 Å². The second kappa shape index (κ2) is 9.43. The Morgan fingerprint density at radius 3 is 1.67 bits per heavy atom. The Hall–Kier alpha value is -5.64. The van der Waals surface area contributed by atoms with Crippen LogP contribution < -0.4 is 0 Å². The first-order valence-corrected chi connectivity index (χ1v) is 16.2. The largest absolute Gasteiger partial charge is 0.309 e. The van der Waals surface area contributed by atoms with Gasteiger partial charge in [-0.3, -0.25) is 0 Å². The molecule has 3 heterocycles. The fraction of sp³-hybridized carbons (Fsp3) is 0. The van der Waals surface area contributed by atoms with Gasteiger partial charge in [0.1, 0.15) is 0 Å². The molecule has 0 saturated heterocycles. The SMILES string of the molecule is c1cc(-c2ccc(-n3c4ccccc4c4c5c(ccc43)sc3ccccc35)cc2)cc(-n2c3ccccc3c3ccccc32)c1. The molecule has 0 radical (unpaired) electrons. The first-order valence-electron chi connectivity index (χ1n) is 15.4. The summed E-state index contributed by atoms with van der Waals surface area (Å²) in [6.45, 7) is 0. The predicted octanol–water partition coefficient (Wildman–Crippen LogP) is 11.9. The number of rotatable bonds is 3. The maximum atomic E-state index is 2.43. The Kier molecular flexibility index (Phi) is 5.19. The van der Waals surface area contributed by atoms with E-state index in [1.165, 1.54) is 86.3 Å². The number of benzene rings is 7. The van der Waals surface area contributed by atoms with Crippen molar-refractivity contribution in [3.63, 3.8) is 0 Å². The van der Waals surface area contributed by atoms with Crippen molar-refractivity contribution in [3.8, 4) is 22.5 Å².